The minimum Gasteiger partial charge on any atom is -0.496 e. The fourth-order valence-corrected chi connectivity index (χ4v) is 3.27. The second-order valence-electron chi connectivity index (χ2n) is 3.32. The van der Waals surface area contributed by atoms with E-state index in [0.29, 0.717) is 16.3 Å². The van der Waals surface area contributed by atoms with Crippen LogP contribution in [0.3, 0.4) is 0 Å². The van der Waals surface area contributed by atoms with Crippen LogP contribution in [0.5, 0.6) is 5.75 Å². The lowest BCUT2D eigenvalue weighted by Gasteiger charge is -2.03. The Bertz CT molecular complexity index is 594. The minimum atomic E-state index is -0.429. The zero-order valence-electron chi connectivity index (χ0n) is 9.24. The third kappa shape index (κ3) is 1.98. The van der Waals surface area contributed by atoms with E-state index in [4.69, 9.17) is 10.5 Å². The van der Waals surface area contributed by atoms with E-state index < -0.39 is 5.97 Å². The number of carbonyl (C=O) groups excluding carboxylic acids is 1. The van der Waals surface area contributed by atoms with E-state index in [-0.39, 0.29) is 0 Å². The van der Waals surface area contributed by atoms with E-state index in [1.807, 2.05) is 12.1 Å². The molecule has 0 aliphatic carbocycles. The molecule has 1 aromatic carbocycles. The van der Waals surface area contributed by atoms with Crippen LogP contribution >= 0.6 is 27.3 Å². The summed E-state index contributed by atoms with van der Waals surface area (Å²) in [4.78, 5) is 11.9. The van der Waals surface area contributed by atoms with Crippen LogP contribution in [-0.2, 0) is 4.74 Å². The number of benzene rings is 1. The van der Waals surface area contributed by atoms with Gasteiger partial charge in [0.05, 0.1) is 25.3 Å². The number of hydrogen-bond donors (Lipinski definition) is 1. The molecule has 2 rings (SSSR count). The van der Waals surface area contributed by atoms with Gasteiger partial charge in [-0.05, 0) is 12.1 Å². The van der Waals surface area contributed by atoms with E-state index in [2.05, 4.69) is 20.7 Å². The van der Waals surface area contributed by atoms with Crippen molar-refractivity contribution in [2.24, 2.45) is 0 Å². The van der Waals surface area contributed by atoms with Crippen molar-refractivity contribution in [3.8, 4) is 5.75 Å². The van der Waals surface area contributed by atoms with Gasteiger partial charge in [0.25, 0.3) is 0 Å². The molecule has 0 unspecified atom stereocenters. The number of fused-ring (bicyclic) bond motifs is 1. The van der Waals surface area contributed by atoms with Gasteiger partial charge in [0, 0.05) is 9.17 Å². The molecular formula is C11H10BrNO3S. The fraction of sp³-hybridized carbons (Fsp3) is 0.182. The fourth-order valence-electron chi connectivity index (χ4n) is 1.59. The summed E-state index contributed by atoms with van der Waals surface area (Å²) in [5.74, 6) is 0.208. The number of hydrogen-bond acceptors (Lipinski definition) is 5. The molecule has 17 heavy (non-hydrogen) atoms. The van der Waals surface area contributed by atoms with Gasteiger partial charge < -0.3 is 15.2 Å². The van der Waals surface area contributed by atoms with E-state index in [1.165, 1.54) is 18.4 Å². The Hall–Kier alpha value is -1.27. The summed E-state index contributed by atoms with van der Waals surface area (Å²) in [6.45, 7) is 0. The molecule has 0 spiro atoms. The molecule has 0 amide bonds. The second kappa shape index (κ2) is 4.54. The van der Waals surface area contributed by atoms with Crippen molar-refractivity contribution in [2.45, 2.75) is 0 Å². The average Bonchev–Trinajstić information content (AvgIpc) is 2.64. The Labute approximate surface area is 110 Å². The maximum Gasteiger partial charge on any atom is 0.350 e. The molecule has 0 fully saturated rings. The zero-order chi connectivity index (χ0) is 12.6. The number of nitrogen functional groups attached to an aromatic ring is 1. The van der Waals surface area contributed by atoms with Crippen molar-refractivity contribution in [3.05, 3.63) is 21.5 Å². The number of ether oxygens (including phenoxy) is 2. The van der Waals surface area contributed by atoms with Crippen molar-refractivity contribution in [3.63, 3.8) is 0 Å². The van der Waals surface area contributed by atoms with Gasteiger partial charge in [0.15, 0.2) is 0 Å². The van der Waals surface area contributed by atoms with Crippen LogP contribution in [-0.4, -0.2) is 20.2 Å². The second-order valence-corrected chi connectivity index (χ2v) is 5.29. The molecule has 90 valence electrons. The van der Waals surface area contributed by atoms with Crippen LogP contribution in [0.25, 0.3) is 10.1 Å². The number of carbonyl (C=O) groups is 1. The number of rotatable bonds is 2. The standard InChI is InChI=1S/C11H10BrNO3S/c1-15-6-3-5(12)4-7-8(6)9(13)10(17-7)11(14)16-2/h3-4H,13H2,1-2H3. The van der Waals surface area contributed by atoms with Crippen molar-refractivity contribution >= 4 is 49.0 Å². The van der Waals surface area contributed by atoms with E-state index in [1.54, 1.807) is 7.11 Å². The number of anilines is 1. The SMILES string of the molecule is COC(=O)c1sc2cc(Br)cc(OC)c2c1N. The molecule has 0 atom stereocenters. The van der Waals surface area contributed by atoms with Crippen LogP contribution in [0.1, 0.15) is 9.67 Å². The first-order valence-electron chi connectivity index (χ1n) is 4.72. The molecule has 0 aliphatic rings. The predicted octanol–water partition coefficient (Wildman–Crippen LogP) is 3.04. The molecule has 0 aliphatic heterocycles. The number of nitrogens with two attached hydrogens (primary N) is 1. The Kier molecular flexibility index (Phi) is 3.26. The highest BCUT2D eigenvalue weighted by Gasteiger charge is 2.19. The molecule has 1 heterocycles. The summed E-state index contributed by atoms with van der Waals surface area (Å²) in [5, 5.41) is 0.751. The van der Waals surface area contributed by atoms with E-state index >= 15 is 0 Å². The molecule has 2 N–H and O–H groups in total. The van der Waals surface area contributed by atoms with E-state index in [9.17, 15) is 4.79 Å². The molecule has 0 radical (unpaired) electrons. The number of thiophene rings is 1. The summed E-state index contributed by atoms with van der Waals surface area (Å²) in [7, 11) is 2.90. The smallest absolute Gasteiger partial charge is 0.350 e. The molecule has 4 nitrogen and oxygen atoms in total. The lowest BCUT2D eigenvalue weighted by molar-refractivity contribution is 0.0607. The van der Waals surface area contributed by atoms with Crippen molar-refractivity contribution in [2.75, 3.05) is 20.0 Å². The van der Waals surface area contributed by atoms with Crippen LogP contribution in [0.2, 0.25) is 0 Å². The van der Waals surface area contributed by atoms with Crippen LogP contribution in [0.15, 0.2) is 16.6 Å². The molecule has 2 aromatic rings. The first-order valence-corrected chi connectivity index (χ1v) is 6.33. The Morgan fingerprint density at radius 1 is 1.41 bits per heavy atom. The van der Waals surface area contributed by atoms with Crippen LogP contribution in [0.4, 0.5) is 5.69 Å². The number of halogens is 1. The highest BCUT2D eigenvalue weighted by Crippen LogP contribution is 2.41. The highest BCUT2D eigenvalue weighted by atomic mass is 79.9. The predicted molar refractivity (Wildman–Crippen MR) is 71.8 cm³/mol. The zero-order valence-corrected chi connectivity index (χ0v) is 11.6. The molecule has 6 heteroatoms. The minimum absolute atomic E-state index is 0.402. The lowest BCUT2D eigenvalue weighted by atomic mass is 10.2. The first-order chi connectivity index (χ1) is 8.08. The third-order valence-corrected chi connectivity index (χ3v) is 3.94. The van der Waals surface area contributed by atoms with Crippen molar-refractivity contribution in [1.29, 1.82) is 0 Å². The molecule has 1 aromatic heterocycles. The molecule has 0 bridgehead atoms. The maximum absolute atomic E-state index is 11.5. The Balaban J connectivity index is 2.77. The maximum atomic E-state index is 11.5. The monoisotopic (exact) mass is 315 g/mol. The normalized spacial score (nSPS) is 10.5. The first kappa shape index (κ1) is 12.2. The van der Waals surface area contributed by atoms with Gasteiger partial charge in [0.2, 0.25) is 0 Å². The summed E-state index contributed by atoms with van der Waals surface area (Å²) in [5.41, 5.74) is 6.36. The van der Waals surface area contributed by atoms with E-state index in [0.717, 1.165) is 14.6 Å². The Morgan fingerprint density at radius 2 is 2.12 bits per heavy atom. The summed E-state index contributed by atoms with van der Waals surface area (Å²) in [6.07, 6.45) is 0. The van der Waals surface area contributed by atoms with Gasteiger partial charge >= 0.3 is 5.97 Å². The average molecular weight is 316 g/mol. The number of esters is 1. The van der Waals surface area contributed by atoms with Gasteiger partial charge in [-0.25, -0.2) is 4.79 Å². The summed E-state index contributed by atoms with van der Waals surface area (Å²) >= 11 is 4.67. The van der Waals surface area contributed by atoms with Crippen molar-refractivity contribution in [1.82, 2.24) is 0 Å². The van der Waals surface area contributed by atoms with Gasteiger partial charge in [-0.1, -0.05) is 15.9 Å². The third-order valence-electron chi connectivity index (χ3n) is 2.35. The van der Waals surface area contributed by atoms with Crippen molar-refractivity contribution < 1.29 is 14.3 Å². The van der Waals surface area contributed by atoms with Crippen LogP contribution in [0, 0.1) is 0 Å². The van der Waals surface area contributed by atoms with Gasteiger partial charge in [-0.2, -0.15) is 0 Å². The number of methoxy groups -OCH3 is 2. The highest BCUT2D eigenvalue weighted by molar-refractivity contribution is 9.10. The molecular weight excluding hydrogens is 306 g/mol. The van der Waals surface area contributed by atoms with Gasteiger partial charge in [-0.3, -0.25) is 0 Å². The summed E-state index contributed by atoms with van der Waals surface area (Å²) < 4.78 is 11.7. The Morgan fingerprint density at radius 3 is 2.71 bits per heavy atom. The largest absolute Gasteiger partial charge is 0.496 e. The lowest BCUT2D eigenvalue weighted by Crippen LogP contribution is -2.01. The molecule has 0 saturated heterocycles. The molecule has 0 saturated carbocycles. The van der Waals surface area contributed by atoms with Gasteiger partial charge in [0.1, 0.15) is 10.6 Å². The quantitative estimate of drug-likeness (QED) is 0.865. The van der Waals surface area contributed by atoms with Gasteiger partial charge in [-0.15, -0.1) is 11.3 Å². The summed E-state index contributed by atoms with van der Waals surface area (Å²) in [6, 6.07) is 3.71. The van der Waals surface area contributed by atoms with Crippen LogP contribution < -0.4 is 10.5 Å². The topological polar surface area (TPSA) is 61.5 Å².